The van der Waals surface area contributed by atoms with Gasteiger partial charge in [0.25, 0.3) is 0 Å². The van der Waals surface area contributed by atoms with E-state index in [-0.39, 0.29) is 5.54 Å². The van der Waals surface area contributed by atoms with E-state index in [0.29, 0.717) is 0 Å². The molecule has 0 spiro atoms. The SMILES string of the molecule is CCCC(C)C(CNC(C)(C)C)Cc1cccc(C)c1. The van der Waals surface area contributed by atoms with E-state index in [1.54, 1.807) is 0 Å². The van der Waals surface area contributed by atoms with Gasteiger partial charge in [0.05, 0.1) is 0 Å². The average molecular weight is 275 g/mol. The largest absolute Gasteiger partial charge is 0.312 e. The molecule has 1 N–H and O–H groups in total. The number of benzene rings is 1. The normalized spacial score (nSPS) is 15.1. The maximum atomic E-state index is 3.70. The van der Waals surface area contributed by atoms with Gasteiger partial charge in [-0.05, 0) is 58.1 Å². The first-order valence-corrected chi connectivity index (χ1v) is 8.12. The van der Waals surface area contributed by atoms with Crippen LogP contribution in [0.3, 0.4) is 0 Å². The molecule has 1 aromatic rings. The highest BCUT2D eigenvalue weighted by molar-refractivity contribution is 5.22. The number of hydrogen-bond acceptors (Lipinski definition) is 1. The first-order valence-electron chi connectivity index (χ1n) is 8.12. The van der Waals surface area contributed by atoms with E-state index >= 15 is 0 Å². The molecule has 1 heteroatoms. The summed E-state index contributed by atoms with van der Waals surface area (Å²) in [6, 6.07) is 8.98. The monoisotopic (exact) mass is 275 g/mol. The highest BCUT2D eigenvalue weighted by Crippen LogP contribution is 2.22. The Morgan fingerprint density at radius 1 is 1.20 bits per heavy atom. The van der Waals surface area contributed by atoms with Crippen LogP contribution < -0.4 is 5.32 Å². The van der Waals surface area contributed by atoms with Gasteiger partial charge in [-0.3, -0.25) is 0 Å². The molecule has 114 valence electrons. The van der Waals surface area contributed by atoms with Crippen molar-refractivity contribution >= 4 is 0 Å². The van der Waals surface area contributed by atoms with Gasteiger partial charge in [-0.25, -0.2) is 0 Å². The Kier molecular flexibility index (Phi) is 6.75. The molecule has 0 radical (unpaired) electrons. The predicted molar refractivity (Wildman–Crippen MR) is 90.2 cm³/mol. The van der Waals surface area contributed by atoms with Crippen LogP contribution in [0.15, 0.2) is 24.3 Å². The van der Waals surface area contributed by atoms with Crippen molar-refractivity contribution in [3.63, 3.8) is 0 Å². The highest BCUT2D eigenvalue weighted by atomic mass is 14.9. The van der Waals surface area contributed by atoms with E-state index in [9.17, 15) is 0 Å². The minimum absolute atomic E-state index is 0.205. The van der Waals surface area contributed by atoms with Crippen molar-refractivity contribution in [1.29, 1.82) is 0 Å². The predicted octanol–water partition coefficient (Wildman–Crippen LogP) is 4.98. The van der Waals surface area contributed by atoms with Gasteiger partial charge in [0.2, 0.25) is 0 Å². The lowest BCUT2D eigenvalue weighted by atomic mass is 9.84. The second-order valence-corrected chi connectivity index (χ2v) is 7.35. The minimum Gasteiger partial charge on any atom is -0.312 e. The molecule has 0 amide bonds. The molecule has 1 aromatic carbocycles. The summed E-state index contributed by atoms with van der Waals surface area (Å²) in [6.07, 6.45) is 3.79. The summed E-state index contributed by atoms with van der Waals surface area (Å²) in [4.78, 5) is 0. The van der Waals surface area contributed by atoms with Crippen LogP contribution in [0.2, 0.25) is 0 Å². The highest BCUT2D eigenvalue weighted by Gasteiger charge is 2.20. The molecular formula is C19H33N. The molecule has 0 saturated heterocycles. The summed E-state index contributed by atoms with van der Waals surface area (Å²) in [7, 11) is 0. The van der Waals surface area contributed by atoms with Crippen LogP contribution >= 0.6 is 0 Å². The van der Waals surface area contributed by atoms with Crippen LogP contribution in [-0.4, -0.2) is 12.1 Å². The Hall–Kier alpha value is -0.820. The van der Waals surface area contributed by atoms with Crippen LogP contribution in [-0.2, 0) is 6.42 Å². The summed E-state index contributed by atoms with van der Waals surface area (Å²) < 4.78 is 0. The third-order valence-corrected chi connectivity index (χ3v) is 4.02. The summed E-state index contributed by atoms with van der Waals surface area (Å²) in [5.41, 5.74) is 3.05. The first kappa shape index (κ1) is 17.2. The quantitative estimate of drug-likeness (QED) is 0.740. The molecule has 0 aliphatic carbocycles. The Balaban J connectivity index is 2.71. The molecule has 2 unspecified atom stereocenters. The second-order valence-electron chi connectivity index (χ2n) is 7.35. The van der Waals surface area contributed by atoms with Gasteiger partial charge < -0.3 is 5.32 Å². The zero-order chi connectivity index (χ0) is 15.2. The van der Waals surface area contributed by atoms with Crippen LogP contribution in [0.25, 0.3) is 0 Å². The summed E-state index contributed by atoms with van der Waals surface area (Å²) in [6.45, 7) is 14.7. The topological polar surface area (TPSA) is 12.0 Å². The molecule has 0 fully saturated rings. The van der Waals surface area contributed by atoms with Gasteiger partial charge in [0.15, 0.2) is 0 Å². The average Bonchev–Trinajstić information content (AvgIpc) is 2.33. The zero-order valence-electron chi connectivity index (χ0n) is 14.3. The van der Waals surface area contributed by atoms with Crippen molar-refractivity contribution in [3.05, 3.63) is 35.4 Å². The van der Waals surface area contributed by atoms with Gasteiger partial charge in [-0.2, -0.15) is 0 Å². The number of aryl methyl sites for hydroxylation is 1. The zero-order valence-corrected chi connectivity index (χ0v) is 14.3. The van der Waals surface area contributed by atoms with Crippen LogP contribution in [0, 0.1) is 18.8 Å². The first-order chi connectivity index (χ1) is 9.31. The molecule has 20 heavy (non-hydrogen) atoms. The lowest BCUT2D eigenvalue weighted by Gasteiger charge is -2.29. The number of nitrogens with one attached hydrogen (secondary N) is 1. The van der Waals surface area contributed by atoms with Gasteiger partial charge in [-0.1, -0.05) is 56.5 Å². The van der Waals surface area contributed by atoms with Crippen molar-refractivity contribution in [3.8, 4) is 0 Å². The van der Waals surface area contributed by atoms with Crippen molar-refractivity contribution in [2.45, 2.75) is 66.3 Å². The van der Waals surface area contributed by atoms with E-state index < -0.39 is 0 Å². The van der Waals surface area contributed by atoms with E-state index in [1.807, 2.05) is 0 Å². The van der Waals surface area contributed by atoms with Crippen molar-refractivity contribution in [1.82, 2.24) is 5.32 Å². The van der Waals surface area contributed by atoms with E-state index in [4.69, 9.17) is 0 Å². The molecule has 0 saturated carbocycles. The van der Waals surface area contributed by atoms with Gasteiger partial charge in [-0.15, -0.1) is 0 Å². The van der Waals surface area contributed by atoms with E-state index in [2.05, 4.69) is 71.1 Å². The molecule has 0 bridgehead atoms. The standard InChI is InChI=1S/C19H33N/c1-7-9-16(3)18(14-20-19(4,5)6)13-17-11-8-10-15(2)12-17/h8,10-12,16,18,20H,7,9,13-14H2,1-6H3. The van der Waals surface area contributed by atoms with Crippen LogP contribution in [0.4, 0.5) is 0 Å². The maximum absolute atomic E-state index is 3.70. The lowest BCUT2D eigenvalue weighted by molar-refractivity contribution is 0.285. The summed E-state index contributed by atoms with van der Waals surface area (Å²) >= 11 is 0. The van der Waals surface area contributed by atoms with Crippen LogP contribution in [0.5, 0.6) is 0 Å². The number of hydrogen-bond donors (Lipinski definition) is 1. The Labute approximate surface area is 126 Å². The molecule has 0 aliphatic rings. The van der Waals surface area contributed by atoms with Crippen LogP contribution in [0.1, 0.15) is 58.6 Å². The maximum Gasteiger partial charge on any atom is 0.00966 e. The third kappa shape index (κ3) is 6.56. The molecule has 0 heterocycles. The molecule has 1 rings (SSSR count). The van der Waals surface area contributed by atoms with Gasteiger partial charge >= 0.3 is 0 Å². The minimum atomic E-state index is 0.205. The summed E-state index contributed by atoms with van der Waals surface area (Å²) in [5.74, 6) is 1.49. The molecule has 2 atom stereocenters. The lowest BCUT2D eigenvalue weighted by Crippen LogP contribution is -2.41. The van der Waals surface area contributed by atoms with E-state index in [0.717, 1.165) is 18.4 Å². The molecular weight excluding hydrogens is 242 g/mol. The Morgan fingerprint density at radius 3 is 2.45 bits per heavy atom. The molecule has 0 aromatic heterocycles. The van der Waals surface area contributed by atoms with E-state index in [1.165, 1.54) is 30.4 Å². The Bertz CT molecular complexity index is 389. The summed E-state index contributed by atoms with van der Waals surface area (Å²) in [5, 5.41) is 3.70. The smallest absolute Gasteiger partial charge is 0.00966 e. The Morgan fingerprint density at radius 2 is 1.90 bits per heavy atom. The fraction of sp³-hybridized carbons (Fsp3) is 0.684. The van der Waals surface area contributed by atoms with Crippen molar-refractivity contribution in [2.75, 3.05) is 6.54 Å². The van der Waals surface area contributed by atoms with Crippen molar-refractivity contribution in [2.24, 2.45) is 11.8 Å². The number of rotatable bonds is 7. The van der Waals surface area contributed by atoms with Crippen molar-refractivity contribution < 1.29 is 0 Å². The fourth-order valence-electron chi connectivity index (χ4n) is 2.74. The molecule has 0 aliphatic heterocycles. The fourth-order valence-corrected chi connectivity index (χ4v) is 2.74. The third-order valence-electron chi connectivity index (χ3n) is 4.02. The molecule has 1 nitrogen and oxygen atoms in total. The van der Waals surface area contributed by atoms with Gasteiger partial charge in [0, 0.05) is 5.54 Å². The van der Waals surface area contributed by atoms with Gasteiger partial charge in [0.1, 0.15) is 0 Å². The second kappa shape index (κ2) is 7.83.